The van der Waals surface area contributed by atoms with Crippen LogP contribution in [0.2, 0.25) is 0 Å². The predicted octanol–water partition coefficient (Wildman–Crippen LogP) is 1.73. The van der Waals surface area contributed by atoms with Gasteiger partial charge in [-0.15, -0.1) is 0 Å². The van der Waals surface area contributed by atoms with Gasteiger partial charge in [-0.05, 0) is 30.4 Å². The molecule has 0 saturated heterocycles. The second kappa shape index (κ2) is 4.67. The SMILES string of the molecule is Nc1ccccc1NC(=O)[C@H]1C2C=CC(C2)[C@H]1C(=O)O. The number of carbonyl (C=O) groups is 2. The first-order chi connectivity index (χ1) is 9.58. The van der Waals surface area contributed by atoms with Crippen molar-refractivity contribution in [2.75, 3.05) is 11.1 Å². The monoisotopic (exact) mass is 272 g/mol. The number of nitrogens with two attached hydrogens (primary N) is 1. The van der Waals surface area contributed by atoms with Crippen LogP contribution in [-0.2, 0) is 9.59 Å². The fourth-order valence-corrected chi connectivity index (χ4v) is 3.34. The molecule has 2 aliphatic carbocycles. The lowest BCUT2D eigenvalue weighted by Crippen LogP contribution is -2.36. The van der Waals surface area contributed by atoms with Gasteiger partial charge in [0.25, 0.3) is 0 Å². The van der Waals surface area contributed by atoms with E-state index in [1.807, 2.05) is 12.2 Å². The van der Waals surface area contributed by atoms with E-state index in [2.05, 4.69) is 5.32 Å². The van der Waals surface area contributed by atoms with Crippen LogP contribution >= 0.6 is 0 Å². The highest BCUT2D eigenvalue weighted by molar-refractivity contribution is 5.98. The summed E-state index contributed by atoms with van der Waals surface area (Å²) in [6.45, 7) is 0. The van der Waals surface area contributed by atoms with Gasteiger partial charge in [0.2, 0.25) is 5.91 Å². The summed E-state index contributed by atoms with van der Waals surface area (Å²) < 4.78 is 0. The van der Waals surface area contributed by atoms with E-state index in [4.69, 9.17) is 5.73 Å². The third-order valence-corrected chi connectivity index (χ3v) is 4.27. The summed E-state index contributed by atoms with van der Waals surface area (Å²) in [6.07, 6.45) is 4.63. The number of benzene rings is 1. The van der Waals surface area contributed by atoms with Crippen molar-refractivity contribution in [3.05, 3.63) is 36.4 Å². The molecule has 5 heteroatoms. The van der Waals surface area contributed by atoms with E-state index < -0.39 is 17.8 Å². The van der Waals surface area contributed by atoms with Crippen LogP contribution in [0.3, 0.4) is 0 Å². The third kappa shape index (κ3) is 1.95. The van der Waals surface area contributed by atoms with Crippen molar-refractivity contribution in [1.29, 1.82) is 0 Å². The molecular weight excluding hydrogens is 256 g/mol. The molecule has 2 aliphatic rings. The van der Waals surface area contributed by atoms with Crippen molar-refractivity contribution in [3.63, 3.8) is 0 Å². The number of fused-ring (bicyclic) bond motifs is 2. The second-order valence-corrected chi connectivity index (χ2v) is 5.41. The number of anilines is 2. The lowest BCUT2D eigenvalue weighted by Gasteiger charge is -2.24. The van der Waals surface area contributed by atoms with Crippen LogP contribution in [0, 0.1) is 23.7 Å². The molecule has 0 radical (unpaired) electrons. The van der Waals surface area contributed by atoms with Gasteiger partial charge >= 0.3 is 5.97 Å². The maximum atomic E-state index is 12.4. The zero-order chi connectivity index (χ0) is 14.3. The van der Waals surface area contributed by atoms with E-state index in [0.29, 0.717) is 11.4 Å². The average molecular weight is 272 g/mol. The second-order valence-electron chi connectivity index (χ2n) is 5.41. The number of carboxylic acid groups (broad SMARTS) is 1. The zero-order valence-corrected chi connectivity index (χ0v) is 10.8. The minimum atomic E-state index is -0.900. The Labute approximate surface area is 116 Å². The van der Waals surface area contributed by atoms with E-state index in [1.165, 1.54) is 0 Å². The summed E-state index contributed by atoms with van der Waals surface area (Å²) in [4.78, 5) is 23.8. The lowest BCUT2D eigenvalue weighted by molar-refractivity contribution is -0.146. The number of nitrogen functional groups attached to an aromatic ring is 1. The van der Waals surface area contributed by atoms with Crippen molar-refractivity contribution in [1.82, 2.24) is 0 Å². The molecule has 0 aliphatic heterocycles. The molecule has 2 unspecified atom stereocenters. The van der Waals surface area contributed by atoms with Crippen LogP contribution in [0.25, 0.3) is 0 Å². The first kappa shape index (κ1) is 12.7. The Morgan fingerprint density at radius 2 is 1.80 bits per heavy atom. The quantitative estimate of drug-likeness (QED) is 0.577. The van der Waals surface area contributed by atoms with Crippen LogP contribution in [0.5, 0.6) is 0 Å². The van der Waals surface area contributed by atoms with E-state index >= 15 is 0 Å². The average Bonchev–Trinajstić information content (AvgIpc) is 3.01. The summed E-state index contributed by atoms with van der Waals surface area (Å²) >= 11 is 0. The van der Waals surface area contributed by atoms with Crippen molar-refractivity contribution in [2.45, 2.75) is 6.42 Å². The first-order valence-corrected chi connectivity index (χ1v) is 6.64. The first-order valence-electron chi connectivity index (χ1n) is 6.64. The molecule has 104 valence electrons. The highest BCUT2D eigenvalue weighted by Gasteiger charge is 2.51. The Morgan fingerprint density at radius 3 is 2.45 bits per heavy atom. The molecule has 4 N–H and O–H groups in total. The Hall–Kier alpha value is -2.30. The number of hydrogen-bond acceptors (Lipinski definition) is 3. The van der Waals surface area contributed by atoms with Crippen LogP contribution in [0.1, 0.15) is 6.42 Å². The van der Waals surface area contributed by atoms with E-state index in [-0.39, 0.29) is 17.7 Å². The van der Waals surface area contributed by atoms with Crippen LogP contribution in [0.4, 0.5) is 11.4 Å². The molecule has 5 nitrogen and oxygen atoms in total. The number of carbonyl (C=O) groups excluding carboxylic acids is 1. The Morgan fingerprint density at radius 1 is 1.15 bits per heavy atom. The smallest absolute Gasteiger partial charge is 0.307 e. The molecule has 1 aromatic rings. The zero-order valence-electron chi connectivity index (χ0n) is 10.8. The summed E-state index contributed by atoms with van der Waals surface area (Å²) in [5.74, 6) is -2.31. The molecule has 1 amide bonds. The molecule has 0 heterocycles. The van der Waals surface area contributed by atoms with Gasteiger partial charge in [0.1, 0.15) is 0 Å². The van der Waals surface area contributed by atoms with Crippen LogP contribution < -0.4 is 11.1 Å². The Balaban J connectivity index is 1.82. The third-order valence-electron chi connectivity index (χ3n) is 4.27. The highest BCUT2D eigenvalue weighted by Crippen LogP contribution is 2.48. The topological polar surface area (TPSA) is 92.4 Å². The fourth-order valence-electron chi connectivity index (χ4n) is 3.34. The molecular formula is C15H16N2O3. The summed E-state index contributed by atoms with van der Waals surface area (Å²) in [5, 5.41) is 12.1. The van der Waals surface area contributed by atoms with Gasteiger partial charge < -0.3 is 16.2 Å². The van der Waals surface area contributed by atoms with Gasteiger partial charge in [-0.2, -0.15) is 0 Å². The maximum Gasteiger partial charge on any atom is 0.307 e. The molecule has 1 saturated carbocycles. The minimum Gasteiger partial charge on any atom is -0.481 e. The van der Waals surface area contributed by atoms with Gasteiger partial charge in [-0.3, -0.25) is 9.59 Å². The number of aliphatic carboxylic acids is 1. The van der Waals surface area contributed by atoms with Crippen LogP contribution in [-0.4, -0.2) is 17.0 Å². The molecule has 3 rings (SSSR count). The van der Waals surface area contributed by atoms with Crippen molar-refractivity contribution >= 4 is 23.3 Å². The molecule has 0 aromatic heterocycles. The molecule has 4 atom stereocenters. The molecule has 2 bridgehead atoms. The van der Waals surface area contributed by atoms with E-state index in [0.717, 1.165) is 6.42 Å². The van der Waals surface area contributed by atoms with Gasteiger partial charge in [0, 0.05) is 0 Å². The number of carboxylic acids is 1. The summed E-state index contributed by atoms with van der Waals surface area (Å²) in [6, 6.07) is 6.98. The molecule has 0 spiro atoms. The number of rotatable bonds is 3. The van der Waals surface area contributed by atoms with Gasteiger partial charge in [0.15, 0.2) is 0 Å². The summed E-state index contributed by atoms with van der Waals surface area (Å²) in [5.41, 5.74) is 6.81. The van der Waals surface area contributed by atoms with E-state index in [1.54, 1.807) is 24.3 Å². The lowest BCUT2D eigenvalue weighted by atomic mass is 9.82. The van der Waals surface area contributed by atoms with E-state index in [9.17, 15) is 14.7 Å². The fraction of sp³-hybridized carbons (Fsp3) is 0.333. The van der Waals surface area contributed by atoms with Gasteiger partial charge in [0.05, 0.1) is 23.2 Å². The standard InChI is InChI=1S/C15H16N2O3/c16-10-3-1-2-4-11(10)17-14(18)12-8-5-6-9(7-8)13(12)15(19)20/h1-6,8-9,12-13H,7,16H2,(H,17,18)(H,19,20)/t8?,9?,12-,13+/m0/s1. The number of para-hydroxylation sites is 2. The highest BCUT2D eigenvalue weighted by atomic mass is 16.4. The number of hydrogen-bond donors (Lipinski definition) is 3. The summed E-state index contributed by atoms with van der Waals surface area (Å²) in [7, 11) is 0. The molecule has 1 aromatic carbocycles. The maximum absolute atomic E-state index is 12.4. The van der Waals surface area contributed by atoms with Gasteiger partial charge in [-0.25, -0.2) is 0 Å². The number of allylic oxidation sites excluding steroid dienone is 2. The number of amides is 1. The van der Waals surface area contributed by atoms with Crippen LogP contribution in [0.15, 0.2) is 36.4 Å². The van der Waals surface area contributed by atoms with Crippen molar-refractivity contribution in [3.8, 4) is 0 Å². The normalized spacial score (nSPS) is 30.4. The Bertz CT molecular complexity index is 597. The van der Waals surface area contributed by atoms with Gasteiger partial charge in [-0.1, -0.05) is 24.3 Å². The largest absolute Gasteiger partial charge is 0.481 e. The molecule has 1 fully saturated rings. The van der Waals surface area contributed by atoms with Crippen molar-refractivity contribution < 1.29 is 14.7 Å². The number of nitrogens with one attached hydrogen (secondary N) is 1. The minimum absolute atomic E-state index is 0.0195. The molecule has 20 heavy (non-hydrogen) atoms. The predicted molar refractivity (Wildman–Crippen MR) is 74.8 cm³/mol. The van der Waals surface area contributed by atoms with Crippen molar-refractivity contribution in [2.24, 2.45) is 23.7 Å². The Kier molecular flexibility index (Phi) is 2.97.